The number of carbonyl (C=O) groups is 5. The Kier molecular flexibility index (Phi) is 12.9. The fourth-order valence-corrected chi connectivity index (χ4v) is 8.48. The molecule has 0 aromatic heterocycles. The number of piperidine rings is 1. The van der Waals surface area contributed by atoms with E-state index in [1.807, 2.05) is 71.9 Å². The maximum absolute atomic E-state index is 13.6. The van der Waals surface area contributed by atoms with Crippen molar-refractivity contribution in [2.24, 2.45) is 0 Å². The molecule has 4 aromatic carbocycles. The van der Waals surface area contributed by atoms with E-state index in [1.165, 1.54) is 34.7 Å². The summed E-state index contributed by atoms with van der Waals surface area (Å²) in [6.07, 6.45) is 3.85. The summed E-state index contributed by atoms with van der Waals surface area (Å²) in [6.45, 7) is 13.7. The lowest BCUT2D eigenvalue weighted by molar-refractivity contribution is -0.117. The van der Waals surface area contributed by atoms with Gasteiger partial charge in [0.05, 0.1) is 30.8 Å². The van der Waals surface area contributed by atoms with Crippen LogP contribution in [-0.4, -0.2) is 77.0 Å². The van der Waals surface area contributed by atoms with Crippen LogP contribution < -0.4 is 9.80 Å². The van der Waals surface area contributed by atoms with Crippen LogP contribution in [0.4, 0.5) is 29.7 Å². The van der Waals surface area contributed by atoms with E-state index < -0.39 is 28.7 Å². The van der Waals surface area contributed by atoms with Gasteiger partial charge < -0.3 is 29.1 Å². The molecule has 0 aliphatic carbocycles. The highest BCUT2D eigenvalue weighted by atomic mass is 19.1. The van der Waals surface area contributed by atoms with E-state index in [4.69, 9.17) is 9.47 Å². The summed E-state index contributed by atoms with van der Waals surface area (Å²) >= 11 is 0. The van der Waals surface area contributed by atoms with Crippen molar-refractivity contribution in [2.75, 3.05) is 36.0 Å². The van der Waals surface area contributed by atoms with Crippen LogP contribution in [0, 0.1) is 11.6 Å². The Morgan fingerprint density at radius 2 is 1.24 bits per heavy atom. The van der Waals surface area contributed by atoms with Crippen LogP contribution in [-0.2, 0) is 38.6 Å². The second kappa shape index (κ2) is 18.2. The molecule has 4 aliphatic rings. The highest BCUT2D eigenvalue weighted by molar-refractivity contribution is 6.53. The van der Waals surface area contributed by atoms with E-state index in [0.29, 0.717) is 73.9 Å². The highest BCUT2D eigenvalue weighted by Crippen LogP contribution is 2.40. The van der Waals surface area contributed by atoms with Gasteiger partial charge in [0.1, 0.15) is 22.8 Å². The number of halogens is 2. The van der Waals surface area contributed by atoms with Crippen LogP contribution >= 0.6 is 0 Å². The normalized spacial score (nSPS) is 16.6. The zero-order valence-corrected chi connectivity index (χ0v) is 36.7. The number of likely N-dealkylation sites (tertiary alicyclic amines) is 1. The number of hydrogen-bond acceptors (Lipinski definition) is 7. The van der Waals surface area contributed by atoms with Crippen molar-refractivity contribution >= 4 is 46.7 Å². The first-order valence-corrected chi connectivity index (χ1v) is 21.4. The van der Waals surface area contributed by atoms with Gasteiger partial charge in [0, 0.05) is 31.9 Å². The van der Waals surface area contributed by atoms with E-state index in [1.54, 1.807) is 45.0 Å². The SMILES string of the molecule is CC(C)(C)OC(=O)N1CC=C(c2cccc3c2C(=O)C(=O)N3Cc2cccc(F)c2)CC1.CC(C)(C)OC(=O)N1CCC(c2cccc3c2CC(=O)N3Cc2cccc(F)c2)CC1. The molecule has 0 atom stereocenters. The molecule has 0 N–H and O–H groups in total. The van der Waals surface area contributed by atoms with E-state index >= 15 is 0 Å². The minimum absolute atomic E-state index is 0.0397. The highest BCUT2D eigenvalue weighted by Gasteiger charge is 2.39. The molecule has 0 radical (unpaired) electrons. The van der Waals surface area contributed by atoms with Gasteiger partial charge in [-0.1, -0.05) is 54.6 Å². The molecule has 0 spiro atoms. The van der Waals surface area contributed by atoms with Crippen molar-refractivity contribution in [1.29, 1.82) is 0 Å². The Morgan fingerprint density at radius 1 is 0.683 bits per heavy atom. The third-order valence-corrected chi connectivity index (χ3v) is 11.4. The maximum Gasteiger partial charge on any atom is 0.410 e. The predicted molar refractivity (Wildman–Crippen MR) is 236 cm³/mol. The van der Waals surface area contributed by atoms with Gasteiger partial charge >= 0.3 is 12.2 Å². The molecular formula is C50H54F2N4O7. The molecule has 4 amide bonds. The molecule has 1 fully saturated rings. The third kappa shape index (κ3) is 10.5. The third-order valence-electron chi connectivity index (χ3n) is 11.4. The van der Waals surface area contributed by atoms with Gasteiger partial charge in [0.2, 0.25) is 5.91 Å². The Labute approximate surface area is 367 Å². The fraction of sp³-hybridized carbons (Fsp3) is 0.380. The Balaban J connectivity index is 0.000000189. The molecule has 63 heavy (non-hydrogen) atoms. The number of carbonyl (C=O) groups excluding carboxylic acids is 5. The number of amides is 4. The van der Waals surface area contributed by atoms with Gasteiger partial charge in [0.15, 0.2) is 0 Å². The van der Waals surface area contributed by atoms with Crippen molar-refractivity contribution in [3.8, 4) is 0 Å². The molecule has 4 aliphatic heterocycles. The molecule has 0 unspecified atom stereocenters. The molecule has 11 nitrogen and oxygen atoms in total. The topological polar surface area (TPSA) is 117 Å². The number of benzene rings is 4. The lowest BCUT2D eigenvalue weighted by Crippen LogP contribution is -2.41. The summed E-state index contributed by atoms with van der Waals surface area (Å²) < 4.78 is 38.1. The van der Waals surface area contributed by atoms with Crippen LogP contribution in [0.25, 0.3) is 5.57 Å². The predicted octanol–water partition coefficient (Wildman–Crippen LogP) is 9.61. The average molecular weight is 861 g/mol. The van der Waals surface area contributed by atoms with Gasteiger partial charge in [-0.15, -0.1) is 0 Å². The minimum atomic E-state index is -0.622. The average Bonchev–Trinajstić information content (AvgIpc) is 3.67. The number of anilines is 2. The Morgan fingerprint density at radius 3 is 1.81 bits per heavy atom. The van der Waals surface area contributed by atoms with E-state index in [2.05, 4.69) is 6.07 Å². The molecule has 330 valence electrons. The quantitative estimate of drug-likeness (QED) is 0.177. The monoisotopic (exact) mass is 860 g/mol. The smallest absolute Gasteiger partial charge is 0.410 e. The molecule has 0 bridgehead atoms. The molecule has 0 saturated carbocycles. The number of rotatable bonds is 6. The zero-order valence-electron chi connectivity index (χ0n) is 36.7. The number of nitrogens with zero attached hydrogens (tertiary/aromatic N) is 4. The molecule has 1 saturated heterocycles. The van der Waals surface area contributed by atoms with Crippen molar-refractivity contribution in [3.05, 3.63) is 136 Å². The summed E-state index contributed by atoms with van der Waals surface area (Å²) in [5.74, 6) is -1.54. The number of Topliss-reactive ketones (excluding diaryl/α,β-unsaturated/α-hetero) is 1. The van der Waals surface area contributed by atoms with Crippen LogP contribution in [0.1, 0.15) is 105 Å². The summed E-state index contributed by atoms with van der Waals surface area (Å²) in [4.78, 5) is 69.6. The molecule has 4 aromatic rings. The first kappa shape index (κ1) is 44.7. The van der Waals surface area contributed by atoms with Gasteiger partial charge in [-0.2, -0.15) is 0 Å². The Hall–Kier alpha value is -6.37. The lowest BCUT2D eigenvalue weighted by Gasteiger charge is -2.34. The van der Waals surface area contributed by atoms with E-state index in [0.717, 1.165) is 35.2 Å². The van der Waals surface area contributed by atoms with Crippen LogP contribution in [0.5, 0.6) is 0 Å². The second-order valence-corrected chi connectivity index (χ2v) is 18.3. The molecule has 4 heterocycles. The van der Waals surface area contributed by atoms with Gasteiger partial charge in [-0.25, -0.2) is 18.4 Å². The van der Waals surface area contributed by atoms with Crippen LogP contribution in [0.3, 0.4) is 0 Å². The number of hydrogen-bond donors (Lipinski definition) is 0. The summed E-state index contributed by atoms with van der Waals surface area (Å²) in [5, 5.41) is 0. The first-order chi connectivity index (χ1) is 29.8. The minimum Gasteiger partial charge on any atom is -0.444 e. The van der Waals surface area contributed by atoms with E-state index in [-0.39, 0.29) is 30.5 Å². The largest absolute Gasteiger partial charge is 0.444 e. The van der Waals surface area contributed by atoms with Crippen molar-refractivity contribution in [3.63, 3.8) is 0 Å². The Bertz CT molecular complexity index is 2460. The summed E-state index contributed by atoms with van der Waals surface area (Å²) in [7, 11) is 0. The van der Waals surface area contributed by atoms with Crippen LogP contribution in [0.15, 0.2) is 91.0 Å². The number of fused-ring (bicyclic) bond motifs is 2. The van der Waals surface area contributed by atoms with Crippen LogP contribution in [0.2, 0.25) is 0 Å². The maximum atomic E-state index is 13.6. The van der Waals surface area contributed by atoms with Crippen molar-refractivity contribution in [2.45, 2.75) is 97.4 Å². The second-order valence-electron chi connectivity index (χ2n) is 18.3. The number of ketones is 1. The van der Waals surface area contributed by atoms with Gasteiger partial charge in [-0.3, -0.25) is 14.4 Å². The molecule has 13 heteroatoms. The van der Waals surface area contributed by atoms with Gasteiger partial charge in [0.25, 0.3) is 11.7 Å². The zero-order chi connectivity index (χ0) is 45.2. The molecule has 8 rings (SSSR count). The van der Waals surface area contributed by atoms with E-state index in [9.17, 15) is 32.8 Å². The van der Waals surface area contributed by atoms with Crippen molar-refractivity contribution in [1.82, 2.24) is 9.80 Å². The first-order valence-electron chi connectivity index (χ1n) is 21.4. The standard InChI is InChI=1S/C25H25FN2O4.C25H29FN2O3/c1-25(2,3)32-24(31)27-12-10-17(11-13-27)19-8-5-9-20-21(19)22(29)23(30)28(20)15-16-6-4-7-18(26)14-16;1-25(2,3)31-24(30)27-12-10-18(11-13-27)20-8-5-9-22-21(20)15-23(29)28(22)16-17-6-4-7-19(26)14-17/h4-10,14H,11-13,15H2,1-3H3;4-9,14,18H,10-13,15-16H2,1-3H3. The lowest BCUT2D eigenvalue weighted by atomic mass is 9.86. The summed E-state index contributed by atoms with van der Waals surface area (Å²) in [5.41, 5.74) is 5.99. The number of ether oxygens (including phenoxy) is 2. The van der Waals surface area contributed by atoms with Crippen molar-refractivity contribution < 1.29 is 42.2 Å². The fourth-order valence-electron chi connectivity index (χ4n) is 8.48. The summed E-state index contributed by atoms with van der Waals surface area (Å²) in [6, 6.07) is 23.8. The molecular weight excluding hydrogens is 807 g/mol. The van der Waals surface area contributed by atoms with Gasteiger partial charge in [-0.05, 0) is 137 Å².